The van der Waals surface area contributed by atoms with Crippen LogP contribution in [-0.4, -0.2) is 54.5 Å². The monoisotopic (exact) mass is 381 g/mol. The van der Waals surface area contributed by atoms with E-state index < -0.39 is 15.9 Å². The Bertz CT molecular complexity index is 800. The van der Waals surface area contributed by atoms with E-state index in [-0.39, 0.29) is 47.9 Å². The summed E-state index contributed by atoms with van der Waals surface area (Å²) in [6.45, 7) is 1.90. The van der Waals surface area contributed by atoms with Gasteiger partial charge in [-0.1, -0.05) is 0 Å². The van der Waals surface area contributed by atoms with Gasteiger partial charge >= 0.3 is 0 Å². The maximum atomic E-state index is 12.4. The topological polar surface area (TPSA) is 109 Å². The molecule has 0 aliphatic carbocycles. The molecule has 8 nitrogen and oxygen atoms in total. The van der Waals surface area contributed by atoms with E-state index in [9.17, 15) is 18.0 Å². The van der Waals surface area contributed by atoms with Gasteiger partial charge in [0.05, 0.1) is 23.8 Å². The summed E-state index contributed by atoms with van der Waals surface area (Å²) in [5, 5.41) is 8.27. The molecular formula is C17H23N3O5S. The molecule has 9 heteroatoms. The summed E-state index contributed by atoms with van der Waals surface area (Å²) in [6.07, 6.45) is 3.85. The van der Waals surface area contributed by atoms with Crippen LogP contribution in [0.4, 0.5) is 0 Å². The van der Waals surface area contributed by atoms with Crippen LogP contribution >= 0.6 is 0 Å². The van der Waals surface area contributed by atoms with Crippen molar-refractivity contribution >= 4 is 27.4 Å². The van der Waals surface area contributed by atoms with Gasteiger partial charge in [-0.2, -0.15) is 5.10 Å². The summed E-state index contributed by atoms with van der Waals surface area (Å²) in [5.74, 6) is 0.295. The third kappa shape index (κ3) is 4.51. The Balaban J connectivity index is 1.59. The van der Waals surface area contributed by atoms with Crippen molar-refractivity contribution in [1.82, 2.24) is 10.3 Å². The number of rotatable bonds is 6. The average Bonchev–Trinajstić information content (AvgIpc) is 3.22. The van der Waals surface area contributed by atoms with Crippen LogP contribution in [0, 0.1) is 0 Å². The van der Waals surface area contributed by atoms with Gasteiger partial charge in [0.2, 0.25) is 5.91 Å². The van der Waals surface area contributed by atoms with Crippen molar-refractivity contribution in [1.29, 1.82) is 0 Å². The number of sulfone groups is 1. The predicted octanol–water partition coefficient (Wildman–Crippen LogP) is 0.882. The maximum absolute atomic E-state index is 12.4. The lowest BCUT2D eigenvalue weighted by molar-refractivity contribution is -0.133. The Morgan fingerprint density at radius 1 is 1.46 bits per heavy atom. The predicted molar refractivity (Wildman–Crippen MR) is 95.2 cm³/mol. The summed E-state index contributed by atoms with van der Waals surface area (Å²) in [7, 11) is -3.13. The lowest BCUT2D eigenvalue weighted by atomic mass is 10.1. The Kier molecular flexibility index (Phi) is 5.45. The zero-order valence-corrected chi connectivity index (χ0v) is 15.5. The second kappa shape index (κ2) is 7.61. The van der Waals surface area contributed by atoms with E-state index >= 15 is 0 Å². The van der Waals surface area contributed by atoms with Crippen LogP contribution in [0.5, 0.6) is 0 Å². The van der Waals surface area contributed by atoms with Gasteiger partial charge in [0.1, 0.15) is 11.5 Å². The number of carbonyl (C=O) groups excluding carboxylic acids is 2. The number of hydrogen-bond donors (Lipinski definition) is 1. The fourth-order valence-electron chi connectivity index (χ4n) is 3.18. The van der Waals surface area contributed by atoms with Crippen LogP contribution in [0.3, 0.4) is 0 Å². The Labute approximate surface area is 152 Å². The molecule has 26 heavy (non-hydrogen) atoms. The molecule has 1 fully saturated rings. The van der Waals surface area contributed by atoms with Crippen molar-refractivity contribution in [3.63, 3.8) is 0 Å². The van der Waals surface area contributed by atoms with Gasteiger partial charge in [0.15, 0.2) is 9.84 Å². The van der Waals surface area contributed by atoms with Crippen LogP contribution in [0.15, 0.2) is 27.9 Å². The van der Waals surface area contributed by atoms with Crippen molar-refractivity contribution < 1.29 is 22.4 Å². The van der Waals surface area contributed by atoms with Crippen LogP contribution in [-0.2, 0) is 25.8 Å². The Hall–Kier alpha value is -2.16. The van der Waals surface area contributed by atoms with E-state index in [1.165, 1.54) is 5.01 Å². The number of nitrogens with zero attached hydrogens (tertiary/aromatic N) is 2. The first-order valence-electron chi connectivity index (χ1n) is 8.77. The zero-order chi connectivity index (χ0) is 18.7. The largest absolute Gasteiger partial charge is 0.469 e. The molecule has 0 aromatic carbocycles. The van der Waals surface area contributed by atoms with Crippen molar-refractivity contribution in [2.75, 3.05) is 11.5 Å². The molecule has 1 aromatic heterocycles. The number of amides is 2. The van der Waals surface area contributed by atoms with E-state index in [1.54, 1.807) is 6.26 Å². The SMILES string of the molecule is C[C@H](CCc1ccco1)NC(=O)C1=NN([C@H]2CCS(=O)(=O)C2)C(=O)CC1. The molecule has 1 saturated heterocycles. The highest BCUT2D eigenvalue weighted by Gasteiger charge is 2.37. The smallest absolute Gasteiger partial charge is 0.267 e. The maximum Gasteiger partial charge on any atom is 0.267 e. The van der Waals surface area contributed by atoms with Gasteiger partial charge < -0.3 is 9.73 Å². The second-order valence-electron chi connectivity index (χ2n) is 6.83. The minimum atomic E-state index is -3.13. The minimum Gasteiger partial charge on any atom is -0.469 e. The molecule has 1 aromatic rings. The van der Waals surface area contributed by atoms with Crippen LogP contribution in [0.2, 0.25) is 0 Å². The molecule has 142 valence electrons. The fraction of sp³-hybridized carbons (Fsp3) is 0.588. The third-order valence-electron chi connectivity index (χ3n) is 4.66. The second-order valence-corrected chi connectivity index (χ2v) is 9.06. The van der Waals surface area contributed by atoms with E-state index in [2.05, 4.69) is 10.4 Å². The van der Waals surface area contributed by atoms with E-state index in [0.29, 0.717) is 12.8 Å². The molecule has 2 aliphatic rings. The normalized spacial score (nSPS) is 23.6. The molecule has 1 N–H and O–H groups in total. The molecule has 0 bridgehead atoms. The van der Waals surface area contributed by atoms with Crippen LogP contribution in [0.1, 0.15) is 38.4 Å². The summed E-state index contributed by atoms with van der Waals surface area (Å²) in [6, 6.07) is 3.17. The summed E-state index contributed by atoms with van der Waals surface area (Å²) >= 11 is 0. The number of furan rings is 1. The van der Waals surface area contributed by atoms with Crippen molar-refractivity contribution in [3.05, 3.63) is 24.2 Å². The van der Waals surface area contributed by atoms with Gasteiger partial charge in [0.25, 0.3) is 5.91 Å². The molecule has 2 atom stereocenters. The minimum absolute atomic E-state index is 0.0578. The van der Waals surface area contributed by atoms with E-state index in [4.69, 9.17) is 4.42 Å². The van der Waals surface area contributed by atoms with Gasteiger partial charge in [-0.25, -0.2) is 13.4 Å². The Morgan fingerprint density at radius 3 is 2.92 bits per heavy atom. The number of carbonyl (C=O) groups is 2. The molecule has 0 unspecified atom stereocenters. The highest BCUT2D eigenvalue weighted by molar-refractivity contribution is 7.91. The first-order chi connectivity index (χ1) is 12.3. The molecule has 3 rings (SSSR count). The van der Waals surface area contributed by atoms with Crippen molar-refractivity contribution in [2.45, 2.75) is 51.1 Å². The fourth-order valence-corrected chi connectivity index (χ4v) is 4.87. The molecule has 2 amide bonds. The summed E-state index contributed by atoms with van der Waals surface area (Å²) < 4.78 is 28.6. The number of aryl methyl sites for hydroxylation is 1. The quantitative estimate of drug-likeness (QED) is 0.787. The molecule has 0 radical (unpaired) electrons. The molecule has 0 spiro atoms. The van der Waals surface area contributed by atoms with Crippen LogP contribution < -0.4 is 5.32 Å². The summed E-state index contributed by atoms with van der Waals surface area (Å²) in [5.41, 5.74) is 0.277. The van der Waals surface area contributed by atoms with E-state index in [0.717, 1.165) is 12.2 Å². The molecule has 0 saturated carbocycles. The van der Waals surface area contributed by atoms with Gasteiger partial charge in [-0.3, -0.25) is 9.59 Å². The molecular weight excluding hydrogens is 358 g/mol. The van der Waals surface area contributed by atoms with E-state index in [1.807, 2.05) is 19.1 Å². The molecule has 2 aliphatic heterocycles. The number of nitrogens with one attached hydrogen (secondary N) is 1. The lowest BCUT2D eigenvalue weighted by Gasteiger charge is -2.28. The number of hydrogen-bond acceptors (Lipinski definition) is 6. The molecule has 3 heterocycles. The van der Waals surface area contributed by atoms with Gasteiger partial charge in [-0.15, -0.1) is 0 Å². The van der Waals surface area contributed by atoms with Crippen LogP contribution in [0.25, 0.3) is 0 Å². The highest BCUT2D eigenvalue weighted by atomic mass is 32.2. The Morgan fingerprint density at radius 2 is 2.27 bits per heavy atom. The summed E-state index contributed by atoms with van der Waals surface area (Å²) in [4.78, 5) is 24.5. The van der Waals surface area contributed by atoms with Crippen molar-refractivity contribution in [2.24, 2.45) is 5.10 Å². The lowest BCUT2D eigenvalue weighted by Crippen LogP contribution is -2.45. The standard InChI is InChI=1S/C17H23N3O5S/c1-12(4-5-14-3-2-9-25-14)18-17(22)15-6-7-16(21)20(19-15)13-8-10-26(23,24)11-13/h2-3,9,12-13H,4-8,10-11H2,1H3,(H,18,22)/t12-,13+/m1/s1. The third-order valence-corrected chi connectivity index (χ3v) is 6.41. The zero-order valence-electron chi connectivity index (χ0n) is 14.7. The van der Waals surface area contributed by atoms with Gasteiger partial charge in [-0.05, 0) is 31.9 Å². The average molecular weight is 381 g/mol. The highest BCUT2D eigenvalue weighted by Crippen LogP contribution is 2.22. The first-order valence-corrected chi connectivity index (χ1v) is 10.6. The number of hydrazone groups is 1. The van der Waals surface area contributed by atoms with Crippen molar-refractivity contribution in [3.8, 4) is 0 Å². The first kappa shape index (κ1) is 18.6. The van der Waals surface area contributed by atoms with Gasteiger partial charge in [0, 0.05) is 25.3 Å².